The molecule has 8 heteroatoms. The van der Waals surface area contributed by atoms with Gasteiger partial charge in [-0.2, -0.15) is 0 Å². The molecule has 0 amide bonds. The van der Waals surface area contributed by atoms with Crippen LogP contribution in [-0.4, -0.2) is 14.9 Å². The number of nitro groups is 1. The molecule has 1 aromatic heterocycles. The van der Waals surface area contributed by atoms with Crippen LogP contribution in [0.4, 0.5) is 10.1 Å². The van der Waals surface area contributed by atoms with Gasteiger partial charge in [0.05, 0.1) is 15.8 Å². The third-order valence-electron chi connectivity index (χ3n) is 4.35. The minimum absolute atomic E-state index is 0.0471. The van der Waals surface area contributed by atoms with Crippen molar-refractivity contribution < 1.29 is 14.1 Å². The molecule has 1 heterocycles. The molecule has 0 aliphatic rings. The largest absolute Gasteiger partial charge is 0.482 e. The maximum Gasteiger partial charge on any atom is 0.311 e. The molecule has 29 heavy (non-hydrogen) atoms. The molecule has 0 saturated carbocycles. The summed E-state index contributed by atoms with van der Waals surface area (Å²) in [5.74, 6) is -0.0888. The molecule has 0 unspecified atom stereocenters. The Morgan fingerprint density at radius 2 is 1.83 bits per heavy atom. The number of ether oxygens (including phenoxy) is 1. The number of para-hydroxylation sites is 1. The summed E-state index contributed by atoms with van der Waals surface area (Å²) in [6, 6.07) is 16.8. The van der Waals surface area contributed by atoms with Gasteiger partial charge in [-0.15, -0.1) is 0 Å². The lowest BCUT2D eigenvalue weighted by molar-refractivity contribution is -0.385. The predicted molar refractivity (Wildman–Crippen MR) is 105 cm³/mol. The number of aromatic nitrogens is 2. The number of nitrogens with one attached hydrogen (secondary N) is 1. The lowest BCUT2D eigenvalue weighted by Crippen LogP contribution is -2.09. The maximum absolute atomic E-state index is 13.0. The number of hydrogen-bond donors (Lipinski definition) is 1. The number of benzene rings is 3. The summed E-state index contributed by atoms with van der Waals surface area (Å²) in [4.78, 5) is 30.3. The second-order valence-electron chi connectivity index (χ2n) is 6.29. The Labute approximate surface area is 163 Å². The van der Waals surface area contributed by atoms with E-state index in [0.717, 1.165) is 0 Å². The standard InChI is InChI=1S/C21H14FN3O4/c22-15-8-5-13(6-9-15)12-29-19-10-7-14(11-18(19)25(27)28)20-23-17-4-2-1-3-16(17)21(26)24-20/h1-11H,12H2,(H,23,24,26). The molecule has 3 aromatic carbocycles. The van der Waals surface area contributed by atoms with E-state index in [-0.39, 0.29) is 35.2 Å². The zero-order chi connectivity index (χ0) is 20.4. The van der Waals surface area contributed by atoms with Gasteiger partial charge in [-0.05, 0) is 42.0 Å². The molecule has 1 N–H and O–H groups in total. The van der Waals surface area contributed by atoms with E-state index in [1.807, 2.05) is 0 Å². The fourth-order valence-electron chi connectivity index (χ4n) is 2.89. The molecular formula is C21H14FN3O4. The quantitative estimate of drug-likeness (QED) is 0.406. The fraction of sp³-hybridized carbons (Fsp3) is 0.0476. The summed E-state index contributed by atoms with van der Waals surface area (Å²) in [5.41, 5.74) is 0.954. The van der Waals surface area contributed by atoms with E-state index in [9.17, 15) is 19.3 Å². The first-order valence-electron chi connectivity index (χ1n) is 8.66. The van der Waals surface area contributed by atoms with Crippen LogP contribution in [0, 0.1) is 15.9 Å². The van der Waals surface area contributed by atoms with Gasteiger partial charge in [0.15, 0.2) is 5.75 Å². The van der Waals surface area contributed by atoms with Gasteiger partial charge in [0.2, 0.25) is 0 Å². The van der Waals surface area contributed by atoms with Gasteiger partial charge in [-0.25, -0.2) is 9.37 Å². The highest BCUT2D eigenvalue weighted by Gasteiger charge is 2.18. The maximum atomic E-state index is 13.0. The number of fused-ring (bicyclic) bond motifs is 1. The Hall–Kier alpha value is -4.07. The zero-order valence-electron chi connectivity index (χ0n) is 15.0. The number of rotatable bonds is 5. The Kier molecular flexibility index (Phi) is 4.74. The van der Waals surface area contributed by atoms with E-state index in [1.165, 1.54) is 24.3 Å². The highest BCUT2D eigenvalue weighted by atomic mass is 19.1. The summed E-state index contributed by atoms with van der Waals surface area (Å²) in [5, 5.41) is 12.0. The predicted octanol–water partition coefficient (Wildman–Crippen LogP) is 4.22. The summed E-state index contributed by atoms with van der Waals surface area (Å²) in [7, 11) is 0. The topological polar surface area (TPSA) is 98.1 Å². The molecule has 0 saturated heterocycles. The lowest BCUT2D eigenvalue weighted by Gasteiger charge is -2.09. The summed E-state index contributed by atoms with van der Waals surface area (Å²) in [6.07, 6.45) is 0. The molecule has 0 atom stereocenters. The average Bonchev–Trinajstić information content (AvgIpc) is 2.73. The van der Waals surface area contributed by atoms with E-state index in [4.69, 9.17) is 4.74 Å². The van der Waals surface area contributed by atoms with Crippen molar-refractivity contribution in [2.45, 2.75) is 6.61 Å². The van der Waals surface area contributed by atoms with Crippen LogP contribution in [0.2, 0.25) is 0 Å². The Balaban J connectivity index is 1.68. The van der Waals surface area contributed by atoms with Crippen LogP contribution in [0.5, 0.6) is 5.75 Å². The number of nitro benzene ring substituents is 1. The van der Waals surface area contributed by atoms with Crippen molar-refractivity contribution in [3.8, 4) is 17.1 Å². The summed E-state index contributed by atoms with van der Waals surface area (Å²) in [6.45, 7) is 0.0471. The molecular weight excluding hydrogens is 377 g/mol. The van der Waals surface area contributed by atoms with Crippen LogP contribution in [-0.2, 0) is 6.61 Å². The van der Waals surface area contributed by atoms with Crippen LogP contribution < -0.4 is 10.3 Å². The van der Waals surface area contributed by atoms with Gasteiger partial charge < -0.3 is 9.72 Å². The van der Waals surface area contributed by atoms with Gasteiger partial charge in [0, 0.05) is 11.6 Å². The van der Waals surface area contributed by atoms with E-state index < -0.39 is 4.92 Å². The van der Waals surface area contributed by atoms with Gasteiger partial charge in [0.25, 0.3) is 5.56 Å². The molecule has 0 fully saturated rings. The Morgan fingerprint density at radius 1 is 1.07 bits per heavy atom. The van der Waals surface area contributed by atoms with E-state index in [0.29, 0.717) is 22.0 Å². The molecule has 144 valence electrons. The van der Waals surface area contributed by atoms with Crippen LogP contribution in [0.15, 0.2) is 71.5 Å². The van der Waals surface area contributed by atoms with Crippen molar-refractivity contribution in [3.05, 3.63) is 98.6 Å². The lowest BCUT2D eigenvalue weighted by atomic mass is 10.1. The third-order valence-corrected chi connectivity index (χ3v) is 4.35. The van der Waals surface area contributed by atoms with Gasteiger partial charge in [-0.3, -0.25) is 14.9 Å². The number of nitrogens with zero attached hydrogens (tertiary/aromatic N) is 2. The molecule has 0 spiro atoms. The molecule has 7 nitrogen and oxygen atoms in total. The normalized spacial score (nSPS) is 10.8. The second kappa shape index (κ2) is 7.51. The molecule has 0 aliphatic heterocycles. The summed E-state index contributed by atoms with van der Waals surface area (Å²) >= 11 is 0. The SMILES string of the molecule is O=c1[nH]c(-c2ccc(OCc3ccc(F)cc3)c([N+](=O)[O-])c2)nc2ccccc12. The average molecular weight is 391 g/mol. The monoisotopic (exact) mass is 391 g/mol. The van der Waals surface area contributed by atoms with E-state index >= 15 is 0 Å². The van der Waals surface area contributed by atoms with Crippen LogP contribution in [0.25, 0.3) is 22.3 Å². The van der Waals surface area contributed by atoms with Crippen LogP contribution >= 0.6 is 0 Å². The first kappa shape index (κ1) is 18.3. The molecule has 0 aliphatic carbocycles. The minimum Gasteiger partial charge on any atom is -0.482 e. The number of hydrogen-bond acceptors (Lipinski definition) is 5. The Morgan fingerprint density at radius 3 is 2.59 bits per heavy atom. The highest BCUT2D eigenvalue weighted by molar-refractivity contribution is 5.79. The van der Waals surface area contributed by atoms with Crippen molar-refractivity contribution in [2.24, 2.45) is 0 Å². The summed E-state index contributed by atoms with van der Waals surface area (Å²) < 4.78 is 18.5. The van der Waals surface area contributed by atoms with Crippen molar-refractivity contribution in [1.82, 2.24) is 9.97 Å². The third kappa shape index (κ3) is 3.81. The van der Waals surface area contributed by atoms with Gasteiger partial charge >= 0.3 is 5.69 Å². The van der Waals surface area contributed by atoms with Crippen LogP contribution in [0.1, 0.15) is 5.56 Å². The molecule has 0 radical (unpaired) electrons. The molecule has 0 bridgehead atoms. The van der Waals surface area contributed by atoms with E-state index in [2.05, 4.69) is 9.97 Å². The molecule has 4 rings (SSSR count). The second-order valence-corrected chi connectivity index (χ2v) is 6.29. The van der Waals surface area contributed by atoms with E-state index in [1.54, 1.807) is 42.5 Å². The highest BCUT2D eigenvalue weighted by Crippen LogP contribution is 2.32. The first-order valence-corrected chi connectivity index (χ1v) is 8.66. The smallest absolute Gasteiger partial charge is 0.311 e. The number of H-pyrrole nitrogens is 1. The van der Waals surface area contributed by atoms with Crippen LogP contribution in [0.3, 0.4) is 0 Å². The van der Waals surface area contributed by atoms with Gasteiger partial charge in [0.1, 0.15) is 18.2 Å². The van der Waals surface area contributed by atoms with Crippen molar-refractivity contribution in [1.29, 1.82) is 0 Å². The van der Waals surface area contributed by atoms with Crippen molar-refractivity contribution in [3.63, 3.8) is 0 Å². The number of halogens is 1. The minimum atomic E-state index is -0.567. The van der Waals surface area contributed by atoms with Gasteiger partial charge in [-0.1, -0.05) is 24.3 Å². The molecule has 4 aromatic rings. The first-order chi connectivity index (χ1) is 14.0. The van der Waals surface area contributed by atoms with Crippen molar-refractivity contribution in [2.75, 3.05) is 0 Å². The fourth-order valence-corrected chi connectivity index (χ4v) is 2.89. The zero-order valence-corrected chi connectivity index (χ0v) is 15.0. The Bertz CT molecular complexity index is 1270. The van der Waals surface area contributed by atoms with Crippen molar-refractivity contribution >= 4 is 16.6 Å². The number of aromatic amines is 1.